The third-order valence-corrected chi connectivity index (χ3v) is 3.03. The molecular formula is C15H12ClN3. The van der Waals surface area contributed by atoms with Crippen LogP contribution in [0, 0.1) is 18.3 Å². The number of nitrogens with zero attached hydrogens (tertiary/aromatic N) is 2. The van der Waals surface area contributed by atoms with Gasteiger partial charge in [0.1, 0.15) is 0 Å². The van der Waals surface area contributed by atoms with Gasteiger partial charge in [-0.15, -0.1) is 0 Å². The van der Waals surface area contributed by atoms with Gasteiger partial charge in [-0.05, 0) is 42.3 Å². The summed E-state index contributed by atoms with van der Waals surface area (Å²) in [4.78, 5) is 0. The number of halogens is 1. The molecule has 3 nitrogen and oxygen atoms in total. The molecule has 0 aromatic heterocycles. The maximum atomic E-state index is 8.69. The molecule has 0 unspecified atom stereocenters. The Kier molecular flexibility index (Phi) is 4.17. The molecule has 0 radical (unpaired) electrons. The number of rotatable bonds is 3. The number of nitrogens with one attached hydrogen (secondary N) is 1. The number of anilines is 1. The lowest BCUT2D eigenvalue weighted by molar-refractivity contribution is 1.34. The number of hydrogen-bond donors (Lipinski definition) is 1. The van der Waals surface area contributed by atoms with Crippen molar-refractivity contribution in [2.24, 2.45) is 5.10 Å². The number of nitriles is 1. The summed E-state index contributed by atoms with van der Waals surface area (Å²) in [6, 6.07) is 14.9. The van der Waals surface area contributed by atoms with E-state index >= 15 is 0 Å². The van der Waals surface area contributed by atoms with E-state index in [0.717, 1.165) is 16.8 Å². The Morgan fingerprint density at radius 1 is 1.21 bits per heavy atom. The molecular weight excluding hydrogens is 258 g/mol. The van der Waals surface area contributed by atoms with Crippen LogP contribution in [0.25, 0.3) is 0 Å². The molecule has 0 aliphatic heterocycles. The smallest absolute Gasteiger partial charge is 0.0991 e. The van der Waals surface area contributed by atoms with E-state index in [0.29, 0.717) is 10.6 Å². The van der Waals surface area contributed by atoms with Crippen LogP contribution >= 0.6 is 11.6 Å². The Morgan fingerprint density at radius 2 is 1.95 bits per heavy atom. The van der Waals surface area contributed by atoms with Gasteiger partial charge in [0, 0.05) is 5.02 Å². The van der Waals surface area contributed by atoms with Crippen LogP contribution in [-0.4, -0.2) is 6.21 Å². The van der Waals surface area contributed by atoms with E-state index in [1.54, 1.807) is 18.3 Å². The number of hydrazone groups is 1. The monoisotopic (exact) mass is 269 g/mol. The highest BCUT2D eigenvalue weighted by Crippen LogP contribution is 2.19. The maximum absolute atomic E-state index is 8.69. The fourth-order valence-electron chi connectivity index (χ4n) is 1.49. The van der Waals surface area contributed by atoms with E-state index in [4.69, 9.17) is 16.9 Å². The first kappa shape index (κ1) is 13.1. The van der Waals surface area contributed by atoms with Gasteiger partial charge in [-0.3, -0.25) is 5.43 Å². The summed E-state index contributed by atoms with van der Waals surface area (Å²) >= 11 is 6.02. The van der Waals surface area contributed by atoms with Gasteiger partial charge in [-0.1, -0.05) is 29.8 Å². The van der Waals surface area contributed by atoms with Crippen LogP contribution in [0.15, 0.2) is 47.6 Å². The van der Waals surface area contributed by atoms with Gasteiger partial charge in [0.15, 0.2) is 0 Å². The highest BCUT2D eigenvalue weighted by molar-refractivity contribution is 6.31. The van der Waals surface area contributed by atoms with Crippen molar-refractivity contribution in [3.63, 3.8) is 0 Å². The highest BCUT2D eigenvalue weighted by Gasteiger charge is 1.96. The van der Waals surface area contributed by atoms with Crippen LogP contribution in [0.3, 0.4) is 0 Å². The van der Waals surface area contributed by atoms with Crippen LogP contribution in [0.4, 0.5) is 5.69 Å². The predicted octanol–water partition coefficient (Wildman–Crippen LogP) is 3.97. The number of benzene rings is 2. The summed E-state index contributed by atoms with van der Waals surface area (Å²) in [5.41, 5.74) is 6.33. The van der Waals surface area contributed by atoms with Crippen molar-refractivity contribution in [3.05, 3.63) is 64.2 Å². The summed E-state index contributed by atoms with van der Waals surface area (Å²) in [5.74, 6) is 0. The SMILES string of the molecule is Cc1ccc(N/N=C\c2ccc(C#N)cc2)cc1Cl. The van der Waals surface area contributed by atoms with Crippen LogP contribution in [0.5, 0.6) is 0 Å². The third kappa shape index (κ3) is 3.57. The lowest BCUT2D eigenvalue weighted by Gasteiger charge is -2.02. The zero-order valence-corrected chi connectivity index (χ0v) is 11.1. The predicted molar refractivity (Wildman–Crippen MR) is 78.6 cm³/mol. The molecule has 0 saturated carbocycles. The van der Waals surface area contributed by atoms with E-state index in [-0.39, 0.29) is 0 Å². The zero-order chi connectivity index (χ0) is 13.7. The number of hydrogen-bond acceptors (Lipinski definition) is 3. The Balaban J connectivity index is 2.02. The molecule has 0 amide bonds. The molecule has 0 aliphatic carbocycles. The Labute approximate surface area is 117 Å². The van der Waals surface area contributed by atoms with Gasteiger partial charge in [0.05, 0.1) is 23.5 Å². The lowest BCUT2D eigenvalue weighted by atomic mass is 10.2. The second-order valence-electron chi connectivity index (χ2n) is 4.07. The van der Waals surface area contributed by atoms with Crippen molar-refractivity contribution in [2.45, 2.75) is 6.92 Å². The average Bonchev–Trinajstić information content (AvgIpc) is 2.43. The maximum Gasteiger partial charge on any atom is 0.0991 e. The minimum atomic E-state index is 0.635. The standard InChI is InChI=1S/C15H12ClN3/c1-11-2-7-14(8-15(11)16)19-18-10-13-5-3-12(9-17)4-6-13/h2-8,10,19H,1H3/b18-10-. The summed E-state index contributed by atoms with van der Waals surface area (Å²) < 4.78 is 0. The fourth-order valence-corrected chi connectivity index (χ4v) is 1.67. The van der Waals surface area contributed by atoms with E-state index < -0.39 is 0 Å². The molecule has 2 rings (SSSR count). The summed E-state index contributed by atoms with van der Waals surface area (Å²) in [7, 11) is 0. The molecule has 0 bridgehead atoms. The molecule has 0 atom stereocenters. The van der Waals surface area contributed by atoms with Crippen LogP contribution < -0.4 is 5.43 Å². The molecule has 19 heavy (non-hydrogen) atoms. The molecule has 1 N–H and O–H groups in total. The van der Waals surface area contributed by atoms with Gasteiger partial charge < -0.3 is 0 Å². The first-order valence-electron chi connectivity index (χ1n) is 5.74. The topological polar surface area (TPSA) is 48.2 Å². The molecule has 0 fully saturated rings. The molecule has 0 aliphatic rings. The second-order valence-corrected chi connectivity index (χ2v) is 4.47. The van der Waals surface area contributed by atoms with Gasteiger partial charge >= 0.3 is 0 Å². The Bertz CT molecular complexity index is 639. The zero-order valence-electron chi connectivity index (χ0n) is 10.4. The normalized spacial score (nSPS) is 10.4. The van der Waals surface area contributed by atoms with Crippen molar-refractivity contribution in [3.8, 4) is 6.07 Å². The molecule has 0 spiro atoms. The van der Waals surface area contributed by atoms with Crippen molar-refractivity contribution in [2.75, 3.05) is 5.43 Å². The minimum Gasteiger partial charge on any atom is -0.278 e. The molecule has 94 valence electrons. The summed E-state index contributed by atoms with van der Waals surface area (Å²) in [6.07, 6.45) is 1.69. The van der Waals surface area contributed by atoms with Gasteiger partial charge in [0.2, 0.25) is 0 Å². The number of aryl methyl sites for hydroxylation is 1. The summed E-state index contributed by atoms with van der Waals surface area (Å²) in [5, 5.41) is 13.5. The van der Waals surface area contributed by atoms with Crippen molar-refractivity contribution in [1.29, 1.82) is 5.26 Å². The quantitative estimate of drug-likeness (QED) is 0.677. The molecule has 4 heteroatoms. The fraction of sp³-hybridized carbons (Fsp3) is 0.0667. The second kappa shape index (κ2) is 6.03. The third-order valence-electron chi connectivity index (χ3n) is 2.62. The van der Waals surface area contributed by atoms with Crippen LogP contribution in [-0.2, 0) is 0 Å². The van der Waals surface area contributed by atoms with E-state index in [9.17, 15) is 0 Å². The molecule has 2 aromatic carbocycles. The first-order chi connectivity index (χ1) is 9.19. The molecule has 2 aromatic rings. The van der Waals surface area contributed by atoms with Crippen molar-refractivity contribution < 1.29 is 0 Å². The van der Waals surface area contributed by atoms with E-state index in [2.05, 4.69) is 16.6 Å². The van der Waals surface area contributed by atoms with Gasteiger partial charge in [-0.25, -0.2) is 0 Å². The van der Waals surface area contributed by atoms with E-state index in [1.165, 1.54) is 0 Å². The lowest BCUT2D eigenvalue weighted by Crippen LogP contribution is -1.91. The van der Waals surface area contributed by atoms with Gasteiger partial charge in [-0.2, -0.15) is 10.4 Å². The van der Waals surface area contributed by atoms with E-state index in [1.807, 2.05) is 37.3 Å². The Hall–Kier alpha value is -2.31. The van der Waals surface area contributed by atoms with Crippen molar-refractivity contribution in [1.82, 2.24) is 0 Å². The average molecular weight is 270 g/mol. The first-order valence-corrected chi connectivity index (χ1v) is 6.12. The minimum absolute atomic E-state index is 0.635. The molecule has 0 heterocycles. The van der Waals surface area contributed by atoms with Gasteiger partial charge in [0.25, 0.3) is 0 Å². The summed E-state index contributed by atoms with van der Waals surface area (Å²) in [6.45, 7) is 1.95. The highest BCUT2D eigenvalue weighted by atomic mass is 35.5. The largest absolute Gasteiger partial charge is 0.278 e. The van der Waals surface area contributed by atoms with Crippen molar-refractivity contribution >= 4 is 23.5 Å². The molecule has 0 saturated heterocycles. The van der Waals surface area contributed by atoms with Crippen LogP contribution in [0.1, 0.15) is 16.7 Å². The Morgan fingerprint density at radius 3 is 2.58 bits per heavy atom. The van der Waals surface area contributed by atoms with Crippen LogP contribution in [0.2, 0.25) is 5.02 Å².